The van der Waals surface area contributed by atoms with E-state index in [1.54, 1.807) is 16.2 Å². The molecule has 2 amide bonds. The highest BCUT2D eigenvalue weighted by Gasteiger charge is 2.35. The lowest BCUT2D eigenvalue weighted by atomic mass is 9.92. The predicted octanol–water partition coefficient (Wildman–Crippen LogP) is 6.31. The number of rotatable bonds is 7. The van der Waals surface area contributed by atoms with Crippen molar-refractivity contribution in [1.29, 1.82) is 0 Å². The minimum absolute atomic E-state index is 0.00771. The molecular formula is C28H31ClN2O2S. The summed E-state index contributed by atoms with van der Waals surface area (Å²) in [5.74, 6) is -0.275. The van der Waals surface area contributed by atoms with Gasteiger partial charge in [0.15, 0.2) is 0 Å². The van der Waals surface area contributed by atoms with Gasteiger partial charge < -0.3 is 9.80 Å². The van der Waals surface area contributed by atoms with Crippen LogP contribution >= 0.6 is 22.9 Å². The summed E-state index contributed by atoms with van der Waals surface area (Å²) in [6, 6.07) is 19.5. The molecule has 178 valence electrons. The van der Waals surface area contributed by atoms with Crippen LogP contribution in [0.4, 0.5) is 0 Å². The third-order valence-electron chi connectivity index (χ3n) is 6.59. The van der Waals surface area contributed by atoms with E-state index in [0.717, 1.165) is 17.5 Å². The third-order valence-corrected chi connectivity index (χ3v) is 7.84. The molecule has 1 aromatic heterocycles. The summed E-state index contributed by atoms with van der Waals surface area (Å²) in [5, 5.41) is 2.77. The molecule has 4 nitrogen and oxygen atoms in total. The van der Waals surface area contributed by atoms with Crippen molar-refractivity contribution in [2.75, 3.05) is 13.1 Å². The van der Waals surface area contributed by atoms with Gasteiger partial charge in [-0.1, -0.05) is 61.0 Å². The molecule has 0 N–H and O–H groups in total. The van der Waals surface area contributed by atoms with Gasteiger partial charge in [-0.15, -0.1) is 11.3 Å². The monoisotopic (exact) mass is 494 g/mol. The average molecular weight is 495 g/mol. The van der Waals surface area contributed by atoms with Gasteiger partial charge in [0.05, 0.1) is 12.0 Å². The molecule has 2 aromatic carbocycles. The van der Waals surface area contributed by atoms with Gasteiger partial charge in [-0.2, -0.15) is 0 Å². The van der Waals surface area contributed by atoms with Gasteiger partial charge in [-0.3, -0.25) is 9.59 Å². The minimum atomic E-state index is -0.256. The molecule has 3 aromatic rings. The lowest BCUT2D eigenvalue weighted by Crippen LogP contribution is -2.49. The lowest BCUT2D eigenvalue weighted by molar-refractivity contribution is -0.144. The highest BCUT2D eigenvalue weighted by molar-refractivity contribution is 7.10. The summed E-state index contributed by atoms with van der Waals surface area (Å²) in [6.07, 6.45) is 1.52. The molecule has 0 fully saturated rings. The summed E-state index contributed by atoms with van der Waals surface area (Å²) in [5.41, 5.74) is 3.20. The topological polar surface area (TPSA) is 40.6 Å². The molecule has 0 bridgehead atoms. The Labute approximate surface area is 211 Å². The van der Waals surface area contributed by atoms with Gasteiger partial charge in [-0.05, 0) is 67.0 Å². The zero-order chi connectivity index (χ0) is 24.2. The zero-order valence-corrected chi connectivity index (χ0v) is 21.5. The van der Waals surface area contributed by atoms with E-state index in [0.29, 0.717) is 18.0 Å². The van der Waals surface area contributed by atoms with Crippen LogP contribution in [0.3, 0.4) is 0 Å². The van der Waals surface area contributed by atoms with Crippen molar-refractivity contribution in [2.45, 2.75) is 51.6 Å². The Morgan fingerprint density at radius 3 is 2.44 bits per heavy atom. The van der Waals surface area contributed by atoms with Crippen molar-refractivity contribution in [1.82, 2.24) is 9.80 Å². The van der Waals surface area contributed by atoms with Gasteiger partial charge in [0.25, 0.3) is 0 Å². The number of thiophene rings is 1. The average Bonchev–Trinajstić information content (AvgIpc) is 3.32. The molecule has 0 aliphatic carbocycles. The number of amides is 2. The SMILES string of the molecule is CCC(C(=O)N(CC(=O)N1CCc2sccc2C1c1ccc(Cl)cc1)C(C)C)c1ccccc1. The number of carbonyl (C=O) groups excluding carboxylic acids is 2. The maximum Gasteiger partial charge on any atom is 0.243 e. The first-order chi connectivity index (χ1) is 16.4. The fourth-order valence-corrected chi connectivity index (χ4v) is 5.81. The fraction of sp³-hybridized carbons (Fsp3) is 0.357. The van der Waals surface area contributed by atoms with Crippen LogP contribution in [0.1, 0.15) is 60.7 Å². The molecule has 2 atom stereocenters. The number of hydrogen-bond acceptors (Lipinski definition) is 3. The first kappa shape index (κ1) is 24.5. The first-order valence-corrected chi connectivity index (χ1v) is 13.1. The van der Waals surface area contributed by atoms with Crippen LogP contribution in [-0.2, 0) is 16.0 Å². The second-order valence-corrected chi connectivity index (χ2v) is 10.5. The van der Waals surface area contributed by atoms with E-state index >= 15 is 0 Å². The van der Waals surface area contributed by atoms with E-state index in [4.69, 9.17) is 11.6 Å². The number of hydrogen-bond donors (Lipinski definition) is 0. The van der Waals surface area contributed by atoms with Gasteiger partial charge >= 0.3 is 0 Å². The van der Waals surface area contributed by atoms with E-state index in [1.807, 2.05) is 80.3 Å². The largest absolute Gasteiger partial charge is 0.330 e. The van der Waals surface area contributed by atoms with E-state index < -0.39 is 0 Å². The fourth-order valence-electron chi connectivity index (χ4n) is 4.78. The van der Waals surface area contributed by atoms with Crippen molar-refractivity contribution in [3.05, 3.63) is 92.6 Å². The minimum Gasteiger partial charge on any atom is -0.330 e. The van der Waals surface area contributed by atoms with E-state index in [9.17, 15) is 9.59 Å². The molecule has 0 spiro atoms. The second-order valence-electron chi connectivity index (χ2n) is 9.02. The van der Waals surface area contributed by atoms with Crippen LogP contribution in [0.2, 0.25) is 5.02 Å². The van der Waals surface area contributed by atoms with Gasteiger partial charge in [-0.25, -0.2) is 0 Å². The van der Waals surface area contributed by atoms with Crippen molar-refractivity contribution in [3.63, 3.8) is 0 Å². The summed E-state index contributed by atoms with van der Waals surface area (Å²) in [4.78, 5) is 32.4. The van der Waals surface area contributed by atoms with Crippen LogP contribution in [-0.4, -0.2) is 40.7 Å². The smallest absolute Gasteiger partial charge is 0.243 e. The number of nitrogens with zero attached hydrogens (tertiary/aromatic N) is 2. The molecule has 0 saturated carbocycles. The van der Waals surface area contributed by atoms with Crippen molar-refractivity contribution < 1.29 is 9.59 Å². The highest BCUT2D eigenvalue weighted by Crippen LogP contribution is 2.38. The summed E-state index contributed by atoms with van der Waals surface area (Å²) >= 11 is 7.88. The molecule has 4 rings (SSSR count). The number of fused-ring (bicyclic) bond motifs is 1. The van der Waals surface area contributed by atoms with Crippen molar-refractivity contribution in [2.24, 2.45) is 0 Å². The predicted molar refractivity (Wildman–Crippen MR) is 139 cm³/mol. The molecule has 2 unspecified atom stereocenters. The quantitative estimate of drug-likeness (QED) is 0.386. The summed E-state index contributed by atoms with van der Waals surface area (Å²) < 4.78 is 0. The van der Waals surface area contributed by atoms with Crippen LogP contribution < -0.4 is 0 Å². The Kier molecular flexibility index (Phi) is 7.74. The standard InChI is InChI=1S/C28H31ClN2O2S/c1-4-23(20-8-6-5-7-9-20)28(33)31(19(2)3)18-26(32)30-16-14-25-24(15-17-34-25)27(30)21-10-12-22(29)13-11-21/h5-13,15,17,19,23,27H,4,14,16,18H2,1-3H3. The number of carbonyl (C=O) groups is 2. The van der Waals surface area contributed by atoms with Crippen molar-refractivity contribution >= 4 is 34.8 Å². The maximum absolute atomic E-state index is 13.8. The highest BCUT2D eigenvalue weighted by atomic mass is 35.5. The molecule has 34 heavy (non-hydrogen) atoms. The summed E-state index contributed by atoms with van der Waals surface area (Å²) in [7, 11) is 0. The van der Waals surface area contributed by atoms with E-state index in [2.05, 4.69) is 11.4 Å². The Balaban J connectivity index is 1.61. The van der Waals surface area contributed by atoms with Crippen LogP contribution in [0.25, 0.3) is 0 Å². The van der Waals surface area contributed by atoms with Gasteiger partial charge in [0.1, 0.15) is 6.54 Å². The van der Waals surface area contributed by atoms with E-state index in [-0.39, 0.29) is 36.4 Å². The number of benzene rings is 2. The zero-order valence-electron chi connectivity index (χ0n) is 19.9. The van der Waals surface area contributed by atoms with E-state index in [1.165, 1.54) is 10.4 Å². The maximum atomic E-state index is 13.8. The van der Waals surface area contributed by atoms with Gasteiger partial charge in [0.2, 0.25) is 11.8 Å². The van der Waals surface area contributed by atoms with Crippen LogP contribution in [0.5, 0.6) is 0 Å². The Hall–Kier alpha value is -2.63. The first-order valence-electron chi connectivity index (χ1n) is 11.9. The molecule has 0 saturated heterocycles. The molecule has 2 heterocycles. The molecule has 1 aliphatic rings. The van der Waals surface area contributed by atoms with Crippen LogP contribution in [0, 0.1) is 0 Å². The number of halogens is 1. The molecule has 1 aliphatic heterocycles. The Morgan fingerprint density at radius 2 is 1.79 bits per heavy atom. The third kappa shape index (κ3) is 5.06. The van der Waals surface area contributed by atoms with Crippen LogP contribution in [0.15, 0.2) is 66.0 Å². The molecule has 0 radical (unpaired) electrons. The summed E-state index contributed by atoms with van der Waals surface area (Å²) in [6.45, 7) is 6.69. The normalized spacial score (nSPS) is 16.3. The Morgan fingerprint density at radius 1 is 1.09 bits per heavy atom. The van der Waals surface area contributed by atoms with Gasteiger partial charge in [0, 0.05) is 22.5 Å². The molecular weight excluding hydrogens is 464 g/mol. The molecule has 6 heteroatoms. The second kappa shape index (κ2) is 10.7. The lowest BCUT2D eigenvalue weighted by Gasteiger charge is -2.38. The van der Waals surface area contributed by atoms with Crippen molar-refractivity contribution in [3.8, 4) is 0 Å². The Bertz CT molecular complexity index is 1130.